The van der Waals surface area contributed by atoms with E-state index in [0.717, 1.165) is 30.8 Å². The predicted octanol–water partition coefficient (Wildman–Crippen LogP) is 4.83. The van der Waals surface area contributed by atoms with Crippen LogP contribution in [0.5, 0.6) is 5.75 Å². The number of carbonyl (C=O) groups excluding carboxylic acids is 4. The van der Waals surface area contributed by atoms with E-state index < -0.39 is 54.6 Å². The van der Waals surface area contributed by atoms with Gasteiger partial charge in [-0.25, -0.2) is 0 Å². The molecule has 1 saturated heterocycles. The van der Waals surface area contributed by atoms with Crippen LogP contribution in [0.4, 0.5) is 0 Å². The van der Waals surface area contributed by atoms with Crippen molar-refractivity contribution >= 4 is 62.9 Å². The van der Waals surface area contributed by atoms with Crippen LogP contribution < -0.4 is 4.74 Å². The van der Waals surface area contributed by atoms with Gasteiger partial charge < -0.3 is 32.8 Å². The zero-order valence-corrected chi connectivity index (χ0v) is 24.8. The highest BCUT2D eigenvalue weighted by molar-refractivity contribution is 9.10. The number of furan rings is 1. The zero-order valence-electron chi connectivity index (χ0n) is 23.2. The van der Waals surface area contributed by atoms with Crippen molar-refractivity contribution in [1.29, 1.82) is 0 Å². The lowest BCUT2D eigenvalue weighted by Gasteiger charge is -2.43. The zero-order chi connectivity index (χ0) is 30.4. The van der Waals surface area contributed by atoms with Crippen LogP contribution in [-0.2, 0) is 42.9 Å². The number of rotatable bonds is 9. The Bertz CT molecular complexity index is 1480. The largest absolute Gasteiger partial charge is 0.464 e. The number of benzene rings is 2. The summed E-state index contributed by atoms with van der Waals surface area (Å²) in [6, 6.07) is 12.9. The number of halogens is 1. The lowest BCUT2D eigenvalue weighted by atomic mass is 9.98. The number of fused-ring (bicyclic) bond motifs is 1. The molecule has 1 fully saturated rings. The summed E-state index contributed by atoms with van der Waals surface area (Å²) in [5, 5.41) is 0.596. The van der Waals surface area contributed by atoms with E-state index in [2.05, 4.69) is 15.9 Å². The van der Waals surface area contributed by atoms with Gasteiger partial charge in [0.05, 0.1) is 11.6 Å². The quantitative estimate of drug-likeness (QED) is 0.234. The molecule has 0 spiro atoms. The van der Waals surface area contributed by atoms with Gasteiger partial charge in [0, 0.05) is 37.7 Å². The van der Waals surface area contributed by atoms with Gasteiger partial charge in [-0.2, -0.15) is 0 Å². The second kappa shape index (κ2) is 13.7. The smallest absolute Gasteiger partial charge is 0.303 e. The van der Waals surface area contributed by atoms with Crippen LogP contribution in [0.1, 0.15) is 38.8 Å². The first-order valence-corrected chi connectivity index (χ1v) is 13.7. The molecule has 0 amide bonds. The van der Waals surface area contributed by atoms with Gasteiger partial charge in [0.2, 0.25) is 12.4 Å². The van der Waals surface area contributed by atoms with Gasteiger partial charge in [-0.1, -0.05) is 46.3 Å². The minimum Gasteiger partial charge on any atom is -0.464 e. The van der Waals surface area contributed by atoms with E-state index in [0.29, 0.717) is 22.3 Å². The number of esters is 4. The number of carbonyl (C=O) groups is 4. The standard InChI is InChI=1S/C30H29BrO11/c1-16(32)36-15-25-27(38-17(2)33)28(39-18(3)34)29(40-19(4)35)30(42-25)41-24-7-5-6-23-26(24)21(14-37-23)11-8-20-9-12-22(31)13-10-20/h5-14,25,27-30H,15H2,1-4H3/t25-,27-,28+,29-,30-/m1/s1. The molecule has 42 heavy (non-hydrogen) atoms. The summed E-state index contributed by atoms with van der Waals surface area (Å²) in [6.45, 7) is 4.30. The Morgan fingerprint density at radius 1 is 0.810 bits per heavy atom. The fourth-order valence-corrected chi connectivity index (χ4v) is 4.73. The molecule has 1 aliphatic heterocycles. The van der Waals surface area contributed by atoms with Crippen molar-refractivity contribution in [3.05, 3.63) is 64.3 Å². The Balaban J connectivity index is 1.73. The first-order chi connectivity index (χ1) is 20.0. The highest BCUT2D eigenvalue weighted by Crippen LogP contribution is 2.36. The average molecular weight is 645 g/mol. The van der Waals surface area contributed by atoms with Crippen LogP contribution in [0, 0.1) is 0 Å². The molecule has 0 aliphatic carbocycles. The maximum atomic E-state index is 12.2. The summed E-state index contributed by atoms with van der Waals surface area (Å²) >= 11 is 3.42. The summed E-state index contributed by atoms with van der Waals surface area (Å²) in [5.41, 5.74) is 2.15. The Labute approximate surface area is 249 Å². The Hall–Kier alpha value is -4.16. The molecular weight excluding hydrogens is 616 g/mol. The second-order valence-electron chi connectivity index (χ2n) is 9.39. The third-order valence-electron chi connectivity index (χ3n) is 6.11. The minimum atomic E-state index is -1.38. The Morgan fingerprint density at radius 3 is 2.10 bits per heavy atom. The molecule has 0 unspecified atom stereocenters. The van der Waals surface area contributed by atoms with Crippen LogP contribution >= 0.6 is 15.9 Å². The SMILES string of the molecule is CC(=O)OC[C@H]1O[C@@H](Oc2cccc3occ(C=Cc4ccc(Br)cc4)c23)[C@H](OC(C)=O)[C@@H](OC(C)=O)[C@@H]1OC(C)=O. The van der Waals surface area contributed by atoms with E-state index in [1.54, 1.807) is 24.5 Å². The summed E-state index contributed by atoms with van der Waals surface area (Å²) in [7, 11) is 0. The van der Waals surface area contributed by atoms with E-state index in [9.17, 15) is 19.2 Å². The van der Waals surface area contributed by atoms with E-state index in [-0.39, 0.29) is 6.61 Å². The van der Waals surface area contributed by atoms with Crippen molar-refractivity contribution in [3.63, 3.8) is 0 Å². The topological polar surface area (TPSA) is 137 Å². The van der Waals surface area contributed by atoms with E-state index >= 15 is 0 Å². The molecule has 1 aliphatic rings. The lowest BCUT2D eigenvalue weighted by molar-refractivity contribution is -0.288. The number of ether oxygens (including phenoxy) is 6. The first kappa shape index (κ1) is 30.8. The molecule has 1 aromatic heterocycles. The van der Waals surface area contributed by atoms with Crippen molar-refractivity contribution in [3.8, 4) is 5.75 Å². The summed E-state index contributed by atoms with van der Waals surface area (Å²) in [4.78, 5) is 47.8. The monoisotopic (exact) mass is 644 g/mol. The van der Waals surface area contributed by atoms with E-state index in [1.807, 2.05) is 36.4 Å². The molecule has 4 rings (SSSR count). The highest BCUT2D eigenvalue weighted by atomic mass is 79.9. The van der Waals surface area contributed by atoms with Crippen molar-refractivity contribution in [2.24, 2.45) is 0 Å². The van der Waals surface area contributed by atoms with Gasteiger partial charge in [0.1, 0.15) is 24.0 Å². The van der Waals surface area contributed by atoms with Crippen LogP contribution in [0.3, 0.4) is 0 Å². The van der Waals surface area contributed by atoms with Crippen LogP contribution in [0.2, 0.25) is 0 Å². The summed E-state index contributed by atoms with van der Waals surface area (Å²) in [6.07, 6.45) is -1.20. The van der Waals surface area contributed by atoms with Crippen LogP contribution in [-0.4, -0.2) is 61.2 Å². The molecule has 0 bridgehead atoms. The van der Waals surface area contributed by atoms with Gasteiger partial charge in [0.25, 0.3) is 0 Å². The normalized spacial score (nSPS) is 22.0. The highest BCUT2D eigenvalue weighted by Gasteiger charge is 2.53. The molecule has 5 atom stereocenters. The van der Waals surface area contributed by atoms with Gasteiger partial charge >= 0.3 is 23.9 Å². The molecule has 2 aromatic carbocycles. The summed E-state index contributed by atoms with van der Waals surface area (Å²) < 4.78 is 40.6. The Kier molecular flexibility index (Phi) is 10.0. The molecule has 11 nitrogen and oxygen atoms in total. The average Bonchev–Trinajstić information content (AvgIpc) is 3.34. The molecule has 3 aromatic rings. The predicted molar refractivity (Wildman–Crippen MR) is 152 cm³/mol. The minimum absolute atomic E-state index is 0.303. The molecule has 0 saturated carbocycles. The molecule has 0 N–H and O–H groups in total. The molecule has 0 radical (unpaired) electrons. The van der Waals surface area contributed by atoms with Crippen molar-refractivity contribution in [2.75, 3.05) is 6.61 Å². The molecular formula is C30H29BrO11. The third kappa shape index (κ3) is 7.77. The van der Waals surface area contributed by atoms with Crippen LogP contribution in [0.25, 0.3) is 23.1 Å². The van der Waals surface area contributed by atoms with Gasteiger partial charge in [-0.15, -0.1) is 0 Å². The first-order valence-electron chi connectivity index (χ1n) is 12.9. The molecule has 222 valence electrons. The van der Waals surface area contributed by atoms with Crippen molar-refractivity contribution in [1.82, 2.24) is 0 Å². The lowest BCUT2D eigenvalue weighted by Crippen LogP contribution is -2.63. The number of hydrogen-bond acceptors (Lipinski definition) is 11. The maximum absolute atomic E-state index is 12.2. The van der Waals surface area contributed by atoms with Gasteiger partial charge in [-0.05, 0) is 29.8 Å². The van der Waals surface area contributed by atoms with E-state index in [1.165, 1.54) is 6.92 Å². The van der Waals surface area contributed by atoms with Crippen molar-refractivity contribution in [2.45, 2.75) is 58.4 Å². The fourth-order valence-electron chi connectivity index (χ4n) is 4.47. The maximum Gasteiger partial charge on any atom is 0.303 e. The van der Waals surface area contributed by atoms with Crippen molar-refractivity contribution < 1.29 is 52.0 Å². The fraction of sp³-hybridized carbons (Fsp3) is 0.333. The second-order valence-corrected chi connectivity index (χ2v) is 10.3. The molecule has 12 heteroatoms. The van der Waals surface area contributed by atoms with Gasteiger partial charge in [-0.3, -0.25) is 19.2 Å². The Morgan fingerprint density at radius 2 is 1.45 bits per heavy atom. The van der Waals surface area contributed by atoms with E-state index in [4.69, 9.17) is 32.8 Å². The van der Waals surface area contributed by atoms with Gasteiger partial charge in [0.15, 0.2) is 12.2 Å². The third-order valence-corrected chi connectivity index (χ3v) is 6.63. The molecule has 2 heterocycles. The van der Waals surface area contributed by atoms with Crippen LogP contribution in [0.15, 0.2) is 57.6 Å². The summed E-state index contributed by atoms with van der Waals surface area (Å²) in [5.74, 6) is -2.50. The number of hydrogen-bond donors (Lipinski definition) is 0.